The Kier molecular flexibility index (Phi) is 7.02. The van der Waals surface area contributed by atoms with Crippen LogP contribution in [0.3, 0.4) is 0 Å². The standard InChI is InChI=1S/C55H36N2/c1-4-15-36(16-5-1)37-17-14-18-40(33-37)53-45-25-11-10-23-43(45)49-34-38(27-29-46(49)53)39-28-32-52-50(35-39)48-31-30-47-44-24-12-13-26-51(44)56(41-19-6-2-7-20-41)54(47)55(48)57(52)42-21-8-3-9-22-42/h1-35,53H. The Morgan fingerprint density at radius 2 is 0.842 bits per heavy atom. The van der Waals surface area contributed by atoms with Crippen molar-refractivity contribution in [1.82, 2.24) is 9.13 Å². The average molecular weight is 725 g/mol. The number of aromatic nitrogens is 2. The molecular formula is C55H36N2. The van der Waals surface area contributed by atoms with E-state index < -0.39 is 0 Å². The lowest BCUT2D eigenvalue weighted by Gasteiger charge is -2.16. The molecule has 1 atom stereocenters. The average Bonchev–Trinajstić information content (AvgIpc) is 3.92. The van der Waals surface area contributed by atoms with Gasteiger partial charge in [0.1, 0.15) is 0 Å². The van der Waals surface area contributed by atoms with Gasteiger partial charge in [-0.1, -0.05) is 164 Å². The van der Waals surface area contributed by atoms with Gasteiger partial charge in [0.05, 0.1) is 22.1 Å². The molecule has 57 heavy (non-hydrogen) atoms. The highest BCUT2D eigenvalue weighted by molar-refractivity contribution is 6.24. The van der Waals surface area contributed by atoms with Crippen molar-refractivity contribution in [2.24, 2.45) is 0 Å². The molecule has 12 rings (SSSR count). The molecule has 9 aromatic carbocycles. The van der Waals surface area contributed by atoms with Crippen LogP contribution in [0.15, 0.2) is 212 Å². The summed E-state index contributed by atoms with van der Waals surface area (Å²) in [5, 5.41) is 5.00. The molecule has 0 bridgehead atoms. The summed E-state index contributed by atoms with van der Waals surface area (Å²) in [5.41, 5.74) is 18.8. The van der Waals surface area contributed by atoms with E-state index in [-0.39, 0.29) is 5.92 Å². The lowest BCUT2D eigenvalue weighted by molar-refractivity contribution is 1.02. The van der Waals surface area contributed by atoms with Crippen LogP contribution in [0.2, 0.25) is 0 Å². The molecule has 0 fully saturated rings. The van der Waals surface area contributed by atoms with Gasteiger partial charge in [0, 0.05) is 38.8 Å². The number of fused-ring (bicyclic) bond motifs is 10. The van der Waals surface area contributed by atoms with Crippen molar-refractivity contribution < 1.29 is 0 Å². The fraction of sp³-hybridized carbons (Fsp3) is 0.0182. The maximum absolute atomic E-state index is 2.47. The van der Waals surface area contributed by atoms with E-state index in [1.54, 1.807) is 0 Å². The summed E-state index contributed by atoms with van der Waals surface area (Å²) < 4.78 is 4.93. The minimum atomic E-state index is 0.180. The SMILES string of the molecule is c1ccc(-c2cccc(C3c4ccccc4-c4cc(-c5ccc6c(c5)c5ccc7c8ccccc8n(-c8ccccc8)c7c5n6-c5ccccc5)ccc43)c2)cc1. The van der Waals surface area contributed by atoms with E-state index in [4.69, 9.17) is 0 Å². The Morgan fingerprint density at radius 3 is 1.60 bits per heavy atom. The van der Waals surface area contributed by atoms with Crippen LogP contribution in [-0.2, 0) is 0 Å². The number of rotatable bonds is 5. The molecular weight excluding hydrogens is 689 g/mol. The second kappa shape index (κ2) is 12.6. The lowest BCUT2D eigenvalue weighted by Crippen LogP contribution is -1.99. The van der Waals surface area contributed by atoms with Crippen LogP contribution in [-0.4, -0.2) is 9.13 Å². The van der Waals surface area contributed by atoms with E-state index in [1.165, 1.54) is 93.7 Å². The van der Waals surface area contributed by atoms with Gasteiger partial charge in [-0.2, -0.15) is 0 Å². The fourth-order valence-electron chi connectivity index (χ4n) is 9.69. The first-order valence-electron chi connectivity index (χ1n) is 19.8. The van der Waals surface area contributed by atoms with Gasteiger partial charge in [0.15, 0.2) is 0 Å². The van der Waals surface area contributed by atoms with E-state index in [0.29, 0.717) is 0 Å². The van der Waals surface area contributed by atoms with Gasteiger partial charge in [0.25, 0.3) is 0 Å². The van der Waals surface area contributed by atoms with Gasteiger partial charge >= 0.3 is 0 Å². The Balaban J connectivity index is 1.07. The van der Waals surface area contributed by atoms with Gasteiger partial charge in [0.2, 0.25) is 0 Å². The molecule has 1 aliphatic carbocycles. The summed E-state index contributed by atoms with van der Waals surface area (Å²) >= 11 is 0. The van der Waals surface area contributed by atoms with Crippen LogP contribution in [0.1, 0.15) is 22.6 Å². The monoisotopic (exact) mass is 724 g/mol. The summed E-state index contributed by atoms with van der Waals surface area (Å²) in [6, 6.07) is 78.1. The van der Waals surface area contributed by atoms with Gasteiger partial charge in [-0.3, -0.25) is 0 Å². The van der Waals surface area contributed by atoms with E-state index in [1.807, 2.05) is 0 Å². The smallest absolute Gasteiger partial charge is 0.0788 e. The first-order valence-corrected chi connectivity index (χ1v) is 19.8. The highest BCUT2D eigenvalue weighted by Crippen LogP contribution is 2.50. The topological polar surface area (TPSA) is 9.86 Å². The number of para-hydroxylation sites is 3. The molecule has 266 valence electrons. The second-order valence-electron chi connectivity index (χ2n) is 15.3. The van der Waals surface area contributed by atoms with Crippen LogP contribution < -0.4 is 0 Å². The van der Waals surface area contributed by atoms with Crippen LogP contribution in [0.4, 0.5) is 0 Å². The number of hydrogen-bond donors (Lipinski definition) is 0. The first-order chi connectivity index (χ1) is 28.3. The molecule has 0 saturated heterocycles. The van der Waals surface area contributed by atoms with Crippen LogP contribution in [0.5, 0.6) is 0 Å². The zero-order chi connectivity index (χ0) is 37.5. The van der Waals surface area contributed by atoms with Crippen LogP contribution >= 0.6 is 0 Å². The molecule has 11 aromatic rings. The van der Waals surface area contributed by atoms with Crippen molar-refractivity contribution in [2.75, 3.05) is 0 Å². The molecule has 2 heteroatoms. The Labute approximate surface area is 331 Å². The van der Waals surface area contributed by atoms with Crippen molar-refractivity contribution in [3.8, 4) is 44.8 Å². The molecule has 0 amide bonds. The zero-order valence-corrected chi connectivity index (χ0v) is 31.2. The number of hydrogen-bond acceptors (Lipinski definition) is 0. The third kappa shape index (κ3) is 4.84. The molecule has 1 unspecified atom stereocenters. The zero-order valence-electron chi connectivity index (χ0n) is 31.2. The van der Waals surface area contributed by atoms with Gasteiger partial charge in [-0.15, -0.1) is 0 Å². The predicted molar refractivity (Wildman–Crippen MR) is 239 cm³/mol. The van der Waals surface area contributed by atoms with E-state index in [9.17, 15) is 0 Å². The summed E-state index contributed by atoms with van der Waals surface area (Å²) in [4.78, 5) is 0. The van der Waals surface area contributed by atoms with Crippen molar-refractivity contribution in [3.05, 3.63) is 229 Å². The summed E-state index contributed by atoms with van der Waals surface area (Å²) in [5.74, 6) is 0.180. The minimum Gasteiger partial charge on any atom is -0.307 e. The van der Waals surface area contributed by atoms with Crippen molar-refractivity contribution in [1.29, 1.82) is 0 Å². The second-order valence-corrected chi connectivity index (χ2v) is 15.3. The third-order valence-electron chi connectivity index (χ3n) is 12.2. The van der Waals surface area contributed by atoms with Crippen molar-refractivity contribution in [3.63, 3.8) is 0 Å². The lowest BCUT2D eigenvalue weighted by atomic mass is 9.87. The van der Waals surface area contributed by atoms with E-state index in [2.05, 4.69) is 221 Å². The van der Waals surface area contributed by atoms with E-state index >= 15 is 0 Å². The highest BCUT2D eigenvalue weighted by atomic mass is 15.0. The highest BCUT2D eigenvalue weighted by Gasteiger charge is 2.30. The summed E-state index contributed by atoms with van der Waals surface area (Å²) in [6.45, 7) is 0. The molecule has 0 spiro atoms. The summed E-state index contributed by atoms with van der Waals surface area (Å²) in [6.07, 6.45) is 0. The normalized spacial score (nSPS) is 13.4. The quantitative estimate of drug-likeness (QED) is 0.167. The molecule has 0 radical (unpaired) electrons. The molecule has 0 N–H and O–H groups in total. The Bertz CT molecular complexity index is 3330. The molecule has 2 nitrogen and oxygen atoms in total. The largest absolute Gasteiger partial charge is 0.307 e. The summed E-state index contributed by atoms with van der Waals surface area (Å²) in [7, 11) is 0. The van der Waals surface area contributed by atoms with Crippen molar-refractivity contribution in [2.45, 2.75) is 5.92 Å². The maximum atomic E-state index is 2.47. The third-order valence-corrected chi connectivity index (χ3v) is 12.2. The van der Waals surface area contributed by atoms with E-state index in [0.717, 1.165) is 11.4 Å². The van der Waals surface area contributed by atoms with Crippen LogP contribution in [0.25, 0.3) is 88.4 Å². The fourth-order valence-corrected chi connectivity index (χ4v) is 9.69. The maximum Gasteiger partial charge on any atom is 0.0788 e. The number of benzene rings is 9. The predicted octanol–water partition coefficient (Wildman–Crippen LogP) is 14.4. The minimum absolute atomic E-state index is 0.180. The first kappa shape index (κ1) is 31.9. The van der Waals surface area contributed by atoms with Crippen LogP contribution in [0, 0.1) is 0 Å². The van der Waals surface area contributed by atoms with Crippen molar-refractivity contribution >= 4 is 43.6 Å². The molecule has 2 heterocycles. The van der Waals surface area contributed by atoms with Gasteiger partial charge < -0.3 is 9.13 Å². The van der Waals surface area contributed by atoms with Gasteiger partial charge in [-0.05, 0) is 98.6 Å². The number of nitrogens with zero attached hydrogens (tertiary/aromatic N) is 2. The molecule has 0 saturated carbocycles. The van der Waals surface area contributed by atoms with Gasteiger partial charge in [-0.25, -0.2) is 0 Å². The Hall–Kier alpha value is -7.42. The molecule has 1 aliphatic rings. The Morgan fingerprint density at radius 1 is 0.298 bits per heavy atom. The molecule has 0 aliphatic heterocycles. The molecule has 2 aromatic heterocycles.